The Kier molecular flexibility index (Phi) is 3.99. The summed E-state index contributed by atoms with van der Waals surface area (Å²) in [7, 11) is 1.87. The Bertz CT molecular complexity index is 481. The van der Waals surface area contributed by atoms with Gasteiger partial charge in [0.2, 0.25) is 11.8 Å². The lowest BCUT2D eigenvalue weighted by molar-refractivity contribution is -0.140. The maximum atomic E-state index is 12.0. The van der Waals surface area contributed by atoms with Crippen molar-refractivity contribution in [1.29, 1.82) is 0 Å². The molecule has 0 aliphatic carbocycles. The molecular formula is C13H20N4O2. The number of carbonyl (C=O) groups is 2. The van der Waals surface area contributed by atoms with Crippen molar-refractivity contribution in [2.45, 2.75) is 38.8 Å². The van der Waals surface area contributed by atoms with Gasteiger partial charge in [-0.1, -0.05) is 0 Å². The van der Waals surface area contributed by atoms with Crippen LogP contribution in [0.25, 0.3) is 0 Å². The molecule has 1 aromatic heterocycles. The first-order chi connectivity index (χ1) is 8.99. The molecule has 0 bridgehead atoms. The molecule has 1 fully saturated rings. The Morgan fingerprint density at radius 1 is 1.47 bits per heavy atom. The second-order valence-corrected chi connectivity index (χ2v) is 5.18. The molecule has 1 unspecified atom stereocenters. The van der Waals surface area contributed by atoms with Gasteiger partial charge in [-0.05, 0) is 25.8 Å². The summed E-state index contributed by atoms with van der Waals surface area (Å²) in [6, 6.07) is -0.434. The van der Waals surface area contributed by atoms with Crippen LogP contribution in [0.3, 0.4) is 0 Å². The van der Waals surface area contributed by atoms with Crippen LogP contribution < -0.4 is 5.32 Å². The first-order valence-corrected chi connectivity index (χ1v) is 6.56. The number of carbonyl (C=O) groups excluding carboxylic acids is 2. The first kappa shape index (κ1) is 13.7. The molecule has 1 atom stereocenters. The average molecular weight is 264 g/mol. The molecule has 1 saturated heterocycles. The highest BCUT2D eigenvalue weighted by molar-refractivity contribution is 6.05. The molecule has 6 nitrogen and oxygen atoms in total. The van der Waals surface area contributed by atoms with Crippen LogP contribution in [-0.2, 0) is 23.1 Å². The summed E-state index contributed by atoms with van der Waals surface area (Å²) in [4.78, 5) is 25.1. The zero-order chi connectivity index (χ0) is 14.0. The van der Waals surface area contributed by atoms with Crippen LogP contribution in [0.1, 0.15) is 25.8 Å². The third kappa shape index (κ3) is 3.01. The molecule has 1 N–H and O–H groups in total. The highest BCUT2D eigenvalue weighted by atomic mass is 16.2. The fourth-order valence-electron chi connectivity index (χ4n) is 2.34. The molecule has 1 aliphatic heterocycles. The second kappa shape index (κ2) is 5.52. The number of aryl methyl sites for hydroxylation is 1. The van der Waals surface area contributed by atoms with Crippen molar-refractivity contribution in [3.8, 4) is 0 Å². The van der Waals surface area contributed by atoms with E-state index in [1.807, 2.05) is 33.3 Å². The number of imide groups is 1. The number of nitrogens with one attached hydrogen (secondary N) is 1. The standard InChI is InChI=1S/C13H20N4O2/c1-9(2)17-12(18)6-11(13(17)19)14-5-4-10-7-15-16(3)8-10/h7-9,11,14H,4-6H2,1-3H3. The number of likely N-dealkylation sites (tertiary alicyclic amines) is 1. The number of rotatable bonds is 5. The summed E-state index contributed by atoms with van der Waals surface area (Å²) in [6.07, 6.45) is 4.82. The summed E-state index contributed by atoms with van der Waals surface area (Å²) in [6.45, 7) is 4.38. The van der Waals surface area contributed by atoms with Gasteiger partial charge in [0.25, 0.3) is 0 Å². The minimum Gasteiger partial charge on any atom is -0.305 e. The van der Waals surface area contributed by atoms with Crippen molar-refractivity contribution in [2.75, 3.05) is 6.54 Å². The quantitative estimate of drug-likeness (QED) is 0.765. The number of hydrogen-bond donors (Lipinski definition) is 1. The fourth-order valence-corrected chi connectivity index (χ4v) is 2.34. The van der Waals surface area contributed by atoms with E-state index in [1.54, 1.807) is 4.68 Å². The lowest BCUT2D eigenvalue weighted by Crippen LogP contribution is -2.42. The van der Waals surface area contributed by atoms with Gasteiger partial charge in [-0.15, -0.1) is 0 Å². The van der Waals surface area contributed by atoms with Crippen molar-refractivity contribution in [1.82, 2.24) is 20.0 Å². The van der Waals surface area contributed by atoms with Crippen LogP contribution in [0.2, 0.25) is 0 Å². The van der Waals surface area contributed by atoms with Gasteiger partial charge in [-0.25, -0.2) is 0 Å². The van der Waals surface area contributed by atoms with Crippen molar-refractivity contribution in [2.24, 2.45) is 7.05 Å². The minimum atomic E-state index is -0.369. The predicted molar refractivity (Wildman–Crippen MR) is 70.3 cm³/mol. The minimum absolute atomic E-state index is 0.0647. The number of nitrogens with zero attached hydrogens (tertiary/aromatic N) is 3. The Hall–Kier alpha value is -1.69. The topological polar surface area (TPSA) is 67.2 Å². The van der Waals surface area contributed by atoms with Crippen LogP contribution in [-0.4, -0.2) is 45.1 Å². The number of hydrogen-bond acceptors (Lipinski definition) is 4. The molecular weight excluding hydrogens is 244 g/mol. The smallest absolute Gasteiger partial charge is 0.247 e. The third-order valence-corrected chi connectivity index (χ3v) is 3.26. The molecule has 2 amide bonds. The van der Waals surface area contributed by atoms with Crippen LogP contribution in [0, 0.1) is 0 Å². The highest BCUT2D eigenvalue weighted by Gasteiger charge is 2.39. The molecule has 0 aromatic carbocycles. The van der Waals surface area contributed by atoms with Gasteiger partial charge >= 0.3 is 0 Å². The van der Waals surface area contributed by atoms with Gasteiger partial charge in [0, 0.05) is 25.8 Å². The van der Waals surface area contributed by atoms with Crippen LogP contribution in [0.4, 0.5) is 0 Å². The summed E-state index contributed by atoms with van der Waals surface area (Å²) >= 11 is 0. The van der Waals surface area contributed by atoms with Crippen LogP contribution in [0.15, 0.2) is 12.4 Å². The fraction of sp³-hybridized carbons (Fsp3) is 0.615. The van der Waals surface area contributed by atoms with E-state index in [1.165, 1.54) is 4.90 Å². The zero-order valence-corrected chi connectivity index (χ0v) is 11.6. The van der Waals surface area contributed by atoms with E-state index in [-0.39, 0.29) is 30.3 Å². The molecule has 6 heteroatoms. The predicted octanol–water partition coefficient (Wildman–Crippen LogP) is 0.0881. The average Bonchev–Trinajstić information content (AvgIpc) is 2.84. The molecule has 0 radical (unpaired) electrons. The Morgan fingerprint density at radius 3 is 2.74 bits per heavy atom. The lowest BCUT2D eigenvalue weighted by Gasteiger charge is -2.19. The molecule has 104 valence electrons. The van der Waals surface area contributed by atoms with Gasteiger partial charge in [-0.3, -0.25) is 19.2 Å². The zero-order valence-electron chi connectivity index (χ0n) is 11.6. The first-order valence-electron chi connectivity index (χ1n) is 6.56. The second-order valence-electron chi connectivity index (χ2n) is 5.18. The molecule has 2 rings (SSSR count). The normalized spacial score (nSPS) is 19.8. The van der Waals surface area contributed by atoms with E-state index in [0.717, 1.165) is 12.0 Å². The maximum Gasteiger partial charge on any atom is 0.247 e. The Labute approximate surface area is 112 Å². The molecule has 0 saturated carbocycles. The van der Waals surface area contributed by atoms with Crippen molar-refractivity contribution in [3.05, 3.63) is 18.0 Å². The number of aromatic nitrogens is 2. The van der Waals surface area contributed by atoms with E-state index in [2.05, 4.69) is 10.4 Å². The van der Waals surface area contributed by atoms with Crippen molar-refractivity contribution < 1.29 is 9.59 Å². The molecule has 2 heterocycles. The molecule has 19 heavy (non-hydrogen) atoms. The van der Waals surface area contributed by atoms with Crippen LogP contribution in [0.5, 0.6) is 0 Å². The Morgan fingerprint density at radius 2 is 2.21 bits per heavy atom. The Balaban J connectivity index is 1.84. The van der Waals surface area contributed by atoms with Gasteiger partial charge in [0.1, 0.15) is 0 Å². The monoisotopic (exact) mass is 264 g/mol. The molecule has 0 spiro atoms. The SMILES string of the molecule is CC(C)N1C(=O)CC(NCCc2cnn(C)c2)C1=O. The maximum absolute atomic E-state index is 12.0. The summed E-state index contributed by atoms with van der Waals surface area (Å²) in [5, 5.41) is 7.24. The molecule has 1 aromatic rings. The summed E-state index contributed by atoms with van der Waals surface area (Å²) in [5.41, 5.74) is 1.12. The third-order valence-electron chi connectivity index (χ3n) is 3.26. The van der Waals surface area contributed by atoms with Gasteiger partial charge in [0.05, 0.1) is 18.7 Å². The van der Waals surface area contributed by atoms with Gasteiger partial charge in [0.15, 0.2) is 0 Å². The highest BCUT2D eigenvalue weighted by Crippen LogP contribution is 2.16. The van der Waals surface area contributed by atoms with Crippen LogP contribution >= 0.6 is 0 Å². The molecule has 1 aliphatic rings. The largest absolute Gasteiger partial charge is 0.305 e. The lowest BCUT2D eigenvalue weighted by atomic mass is 10.2. The number of amides is 2. The van der Waals surface area contributed by atoms with E-state index in [9.17, 15) is 9.59 Å². The van der Waals surface area contributed by atoms with Gasteiger partial charge < -0.3 is 5.32 Å². The van der Waals surface area contributed by atoms with E-state index in [4.69, 9.17) is 0 Å². The van der Waals surface area contributed by atoms with Crippen molar-refractivity contribution >= 4 is 11.8 Å². The van der Waals surface area contributed by atoms with E-state index >= 15 is 0 Å². The van der Waals surface area contributed by atoms with Crippen molar-refractivity contribution in [3.63, 3.8) is 0 Å². The summed E-state index contributed by atoms with van der Waals surface area (Å²) < 4.78 is 1.75. The van der Waals surface area contributed by atoms with Gasteiger partial charge in [-0.2, -0.15) is 5.10 Å². The summed E-state index contributed by atoms with van der Waals surface area (Å²) in [5.74, 6) is -0.190. The van der Waals surface area contributed by atoms with E-state index < -0.39 is 0 Å². The van der Waals surface area contributed by atoms with E-state index in [0.29, 0.717) is 6.54 Å².